The highest BCUT2D eigenvalue weighted by Crippen LogP contribution is 2.38. The summed E-state index contributed by atoms with van der Waals surface area (Å²) in [5, 5.41) is 3.72. The van der Waals surface area contributed by atoms with Crippen molar-refractivity contribution in [1.82, 2.24) is 9.80 Å². The molecule has 0 saturated carbocycles. The molecule has 30 heavy (non-hydrogen) atoms. The Hall–Kier alpha value is -2.58. The van der Waals surface area contributed by atoms with Crippen LogP contribution in [0.3, 0.4) is 0 Å². The van der Waals surface area contributed by atoms with Gasteiger partial charge >= 0.3 is 6.18 Å². The fourth-order valence-corrected chi connectivity index (χ4v) is 3.73. The molecule has 4 nitrogen and oxygen atoms in total. The van der Waals surface area contributed by atoms with Crippen LogP contribution in [0.2, 0.25) is 5.02 Å². The average molecular weight is 454 g/mol. The van der Waals surface area contributed by atoms with E-state index in [0.717, 1.165) is 12.1 Å². The summed E-state index contributed by atoms with van der Waals surface area (Å²) in [4.78, 5) is 16.5. The minimum absolute atomic E-state index is 0.308. The van der Waals surface area contributed by atoms with Crippen molar-refractivity contribution in [3.8, 4) is 0 Å². The minimum atomic E-state index is -4.50. The third-order valence-electron chi connectivity index (χ3n) is 5.02. The molecule has 0 radical (unpaired) electrons. The van der Waals surface area contributed by atoms with Crippen LogP contribution in [0.1, 0.15) is 24.1 Å². The number of hydrogen-bond acceptors (Lipinski definition) is 2. The molecular formula is C21H19ClF3N3OS. The fraction of sp³-hybridized carbons (Fsp3) is 0.238. The topological polar surface area (TPSA) is 35.6 Å². The molecule has 0 bridgehead atoms. The van der Waals surface area contributed by atoms with Crippen LogP contribution in [0.4, 0.5) is 18.9 Å². The number of benzene rings is 2. The van der Waals surface area contributed by atoms with Crippen molar-refractivity contribution < 1.29 is 18.0 Å². The Labute approximate surface area is 182 Å². The van der Waals surface area contributed by atoms with Crippen LogP contribution in [0.5, 0.6) is 0 Å². The Bertz CT molecular complexity index is 1020. The molecule has 0 spiro atoms. The smallest absolute Gasteiger partial charge is 0.340 e. The number of carbonyl (C=O) groups excluding carboxylic acids is 1. The van der Waals surface area contributed by atoms with Gasteiger partial charge in [-0.2, -0.15) is 13.2 Å². The molecule has 1 aliphatic rings. The highest BCUT2D eigenvalue weighted by molar-refractivity contribution is 7.80. The van der Waals surface area contributed by atoms with Gasteiger partial charge in [0.15, 0.2) is 5.11 Å². The van der Waals surface area contributed by atoms with E-state index in [4.69, 9.17) is 23.8 Å². The van der Waals surface area contributed by atoms with Crippen LogP contribution in [0, 0.1) is 0 Å². The Balaban J connectivity index is 2.08. The minimum Gasteiger partial charge on any atom is -0.340 e. The number of nitrogens with zero attached hydrogens (tertiary/aromatic N) is 2. The maximum absolute atomic E-state index is 13.3. The zero-order chi connectivity index (χ0) is 22.2. The number of allylic oxidation sites excluding steroid dienone is 1. The van der Waals surface area contributed by atoms with Gasteiger partial charge in [0.2, 0.25) is 0 Å². The first-order chi connectivity index (χ1) is 14.0. The lowest BCUT2D eigenvalue weighted by atomic mass is 9.92. The van der Waals surface area contributed by atoms with Gasteiger partial charge in [0.05, 0.1) is 17.2 Å². The van der Waals surface area contributed by atoms with Crippen LogP contribution >= 0.6 is 23.8 Å². The summed E-state index contributed by atoms with van der Waals surface area (Å²) in [6.45, 7) is 1.72. The molecule has 3 rings (SSSR count). The van der Waals surface area contributed by atoms with Gasteiger partial charge in [-0.1, -0.05) is 23.7 Å². The number of hydrogen-bond donors (Lipinski definition) is 1. The van der Waals surface area contributed by atoms with Crippen LogP contribution < -0.4 is 5.32 Å². The molecular weight excluding hydrogens is 435 g/mol. The third-order valence-corrected chi connectivity index (χ3v) is 5.83. The molecule has 0 fully saturated rings. The zero-order valence-electron chi connectivity index (χ0n) is 16.4. The molecule has 2 aromatic rings. The van der Waals surface area contributed by atoms with Crippen molar-refractivity contribution in [3.63, 3.8) is 0 Å². The standard InChI is InChI=1S/C21H19ClF3N3OS/c1-12-17(19(29)26-16-9-7-15(22)8-10-16)18(28(3)20(30)27(12)2)13-5-4-6-14(11-13)21(23,24)25/h4-11,18H,1-3H3,(H,26,29). The molecule has 0 aromatic heterocycles. The van der Waals surface area contributed by atoms with Gasteiger partial charge in [-0.25, -0.2) is 0 Å². The molecule has 1 heterocycles. The highest BCUT2D eigenvalue weighted by atomic mass is 35.5. The molecule has 1 unspecified atom stereocenters. The summed E-state index contributed by atoms with van der Waals surface area (Å²) < 4.78 is 39.8. The van der Waals surface area contributed by atoms with Gasteiger partial charge in [0.1, 0.15) is 0 Å². The fourth-order valence-electron chi connectivity index (χ4n) is 3.36. The number of alkyl halides is 3. The van der Waals surface area contributed by atoms with E-state index in [9.17, 15) is 18.0 Å². The van der Waals surface area contributed by atoms with Gasteiger partial charge in [0, 0.05) is 30.5 Å². The lowest BCUT2D eigenvalue weighted by Gasteiger charge is -2.42. The summed E-state index contributed by atoms with van der Waals surface area (Å²) in [6.07, 6.45) is -4.50. The second kappa shape index (κ2) is 8.28. The first-order valence-electron chi connectivity index (χ1n) is 8.96. The molecule has 1 N–H and O–H groups in total. The molecule has 0 aliphatic carbocycles. The molecule has 2 aromatic carbocycles. The Morgan fingerprint density at radius 1 is 1.13 bits per heavy atom. The van der Waals surface area contributed by atoms with Gasteiger partial charge < -0.3 is 15.1 Å². The number of nitrogens with one attached hydrogen (secondary N) is 1. The summed E-state index contributed by atoms with van der Waals surface area (Å²) in [6, 6.07) is 10.7. The van der Waals surface area contributed by atoms with Gasteiger partial charge in [-0.05, 0) is 61.1 Å². The quantitative estimate of drug-likeness (QED) is 0.625. The predicted octanol–water partition coefficient (Wildman–Crippen LogP) is 5.47. The van der Waals surface area contributed by atoms with E-state index >= 15 is 0 Å². The Morgan fingerprint density at radius 3 is 2.37 bits per heavy atom. The van der Waals surface area contributed by atoms with E-state index < -0.39 is 23.7 Å². The van der Waals surface area contributed by atoms with Crippen molar-refractivity contribution in [2.75, 3.05) is 19.4 Å². The Morgan fingerprint density at radius 2 is 1.77 bits per heavy atom. The van der Waals surface area contributed by atoms with E-state index in [2.05, 4.69) is 5.32 Å². The van der Waals surface area contributed by atoms with Crippen LogP contribution in [-0.4, -0.2) is 34.9 Å². The summed E-state index contributed by atoms with van der Waals surface area (Å²) in [5.41, 5.74) is 0.928. The zero-order valence-corrected chi connectivity index (χ0v) is 18.0. The maximum atomic E-state index is 13.3. The number of amides is 1. The van der Waals surface area contributed by atoms with E-state index in [-0.39, 0.29) is 0 Å². The number of likely N-dealkylation sites (N-methyl/N-ethyl adjacent to an activating group) is 1. The monoisotopic (exact) mass is 453 g/mol. The largest absolute Gasteiger partial charge is 0.416 e. The number of anilines is 1. The van der Waals surface area contributed by atoms with E-state index in [1.165, 1.54) is 6.07 Å². The van der Waals surface area contributed by atoms with Crippen LogP contribution in [0.25, 0.3) is 0 Å². The Kier molecular flexibility index (Phi) is 6.10. The summed E-state index contributed by atoms with van der Waals surface area (Å²) in [5.74, 6) is -0.432. The van der Waals surface area contributed by atoms with Gasteiger partial charge in [-0.3, -0.25) is 4.79 Å². The number of rotatable bonds is 3. The summed E-state index contributed by atoms with van der Waals surface area (Å²) in [7, 11) is 3.37. The SMILES string of the molecule is CC1=C(C(=O)Nc2ccc(Cl)cc2)C(c2cccc(C(F)(F)F)c2)N(C)C(=S)N1C. The molecule has 158 valence electrons. The van der Waals surface area contributed by atoms with E-state index in [1.54, 1.807) is 61.2 Å². The maximum Gasteiger partial charge on any atom is 0.416 e. The van der Waals surface area contributed by atoms with Crippen molar-refractivity contribution in [2.45, 2.75) is 19.1 Å². The molecule has 1 aliphatic heterocycles. The van der Waals surface area contributed by atoms with Gasteiger partial charge in [0.25, 0.3) is 5.91 Å². The third kappa shape index (κ3) is 4.29. The van der Waals surface area contributed by atoms with Crippen LogP contribution in [-0.2, 0) is 11.0 Å². The molecule has 9 heteroatoms. The summed E-state index contributed by atoms with van der Waals surface area (Å²) >= 11 is 11.3. The second-order valence-corrected chi connectivity index (χ2v) is 7.74. The van der Waals surface area contributed by atoms with Gasteiger partial charge in [-0.15, -0.1) is 0 Å². The number of carbonyl (C=O) groups is 1. The number of thiocarbonyl (C=S) groups is 1. The normalized spacial score (nSPS) is 17.4. The average Bonchev–Trinajstić information content (AvgIpc) is 2.70. The van der Waals surface area contributed by atoms with E-state index in [1.807, 2.05) is 0 Å². The first-order valence-corrected chi connectivity index (χ1v) is 9.74. The lowest BCUT2D eigenvalue weighted by Crippen LogP contribution is -2.47. The molecule has 1 amide bonds. The molecule has 1 atom stereocenters. The van der Waals surface area contributed by atoms with Crippen molar-refractivity contribution >= 4 is 40.5 Å². The van der Waals surface area contributed by atoms with Crippen LogP contribution in [0.15, 0.2) is 59.8 Å². The van der Waals surface area contributed by atoms with E-state index in [0.29, 0.717) is 32.7 Å². The van der Waals surface area contributed by atoms with Crippen molar-refractivity contribution in [3.05, 3.63) is 76.0 Å². The highest BCUT2D eigenvalue weighted by Gasteiger charge is 2.38. The first kappa shape index (κ1) is 22.1. The predicted molar refractivity (Wildman–Crippen MR) is 115 cm³/mol. The second-order valence-electron chi connectivity index (χ2n) is 6.94. The van der Waals surface area contributed by atoms with Crippen molar-refractivity contribution in [2.24, 2.45) is 0 Å². The molecule has 0 saturated heterocycles. The lowest BCUT2D eigenvalue weighted by molar-refractivity contribution is -0.137. The number of halogens is 4. The van der Waals surface area contributed by atoms with Crippen molar-refractivity contribution in [1.29, 1.82) is 0 Å².